The molecule has 0 aromatic carbocycles. The van der Waals surface area contributed by atoms with E-state index in [-0.39, 0.29) is 6.10 Å². The fourth-order valence-electron chi connectivity index (χ4n) is 1.86. The van der Waals surface area contributed by atoms with Gasteiger partial charge < -0.3 is 10.0 Å². The zero-order valence-electron chi connectivity index (χ0n) is 8.46. The highest BCUT2D eigenvalue weighted by Gasteiger charge is 2.28. The van der Waals surface area contributed by atoms with Crippen molar-refractivity contribution in [3.8, 4) is 0 Å². The molecule has 1 fully saturated rings. The van der Waals surface area contributed by atoms with Gasteiger partial charge >= 0.3 is 0 Å². The Labute approximate surface area is 82.5 Å². The molecule has 78 valence electrons. The summed E-state index contributed by atoms with van der Waals surface area (Å²) in [4.78, 5) is 2.11. The Morgan fingerprint density at radius 3 is 2.86 bits per heavy atom. The molecule has 1 saturated heterocycles. The molecule has 0 aliphatic carbocycles. The molecular weight excluding hydrogens is 182 g/mol. The molecule has 6 heteroatoms. The third-order valence-corrected chi connectivity index (χ3v) is 2.79. The zero-order valence-corrected chi connectivity index (χ0v) is 8.46. The van der Waals surface area contributed by atoms with Gasteiger partial charge in [0.05, 0.1) is 6.10 Å². The maximum atomic E-state index is 9.45. The van der Waals surface area contributed by atoms with Gasteiger partial charge in [0.25, 0.3) is 0 Å². The quantitative estimate of drug-likeness (QED) is 0.687. The lowest BCUT2D eigenvalue weighted by atomic mass is 10.0. The van der Waals surface area contributed by atoms with Crippen molar-refractivity contribution in [2.45, 2.75) is 19.4 Å². The van der Waals surface area contributed by atoms with Crippen LogP contribution in [0.5, 0.6) is 0 Å². The molecule has 0 amide bonds. The monoisotopic (exact) mass is 197 g/mol. The summed E-state index contributed by atoms with van der Waals surface area (Å²) in [5.74, 6) is 1.12. The molecule has 2 heterocycles. The molecule has 2 rings (SSSR count). The standard InChI is InChI=1S/C8H15N5O/c1-6(14)7-3-4-13(5-7)8-9-10-11-12(8)2/h6-7,14H,3-5H2,1-2H3. The predicted molar refractivity (Wildman–Crippen MR) is 50.8 cm³/mol. The molecule has 6 nitrogen and oxygen atoms in total. The number of aliphatic hydroxyl groups excluding tert-OH is 1. The summed E-state index contributed by atoms with van der Waals surface area (Å²) in [6.45, 7) is 3.60. The number of tetrazole rings is 1. The van der Waals surface area contributed by atoms with E-state index in [4.69, 9.17) is 0 Å². The van der Waals surface area contributed by atoms with Crippen LogP contribution in [0.3, 0.4) is 0 Å². The van der Waals surface area contributed by atoms with E-state index in [1.54, 1.807) is 4.68 Å². The minimum Gasteiger partial charge on any atom is -0.393 e. The van der Waals surface area contributed by atoms with Gasteiger partial charge in [0.2, 0.25) is 5.95 Å². The van der Waals surface area contributed by atoms with Crippen molar-refractivity contribution in [1.29, 1.82) is 0 Å². The van der Waals surface area contributed by atoms with Gasteiger partial charge in [-0.05, 0) is 23.8 Å². The molecule has 2 atom stereocenters. The Bertz CT molecular complexity index is 310. The van der Waals surface area contributed by atoms with Crippen LogP contribution >= 0.6 is 0 Å². The largest absolute Gasteiger partial charge is 0.393 e. The van der Waals surface area contributed by atoms with E-state index < -0.39 is 0 Å². The Morgan fingerprint density at radius 1 is 1.57 bits per heavy atom. The number of aryl methyl sites for hydroxylation is 1. The Kier molecular flexibility index (Phi) is 2.37. The van der Waals surface area contributed by atoms with Crippen molar-refractivity contribution in [2.75, 3.05) is 18.0 Å². The van der Waals surface area contributed by atoms with Gasteiger partial charge in [-0.3, -0.25) is 0 Å². The Balaban J connectivity index is 2.06. The Morgan fingerprint density at radius 2 is 2.36 bits per heavy atom. The van der Waals surface area contributed by atoms with E-state index in [2.05, 4.69) is 20.4 Å². The number of hydrogen-bond acceptors (Lipinski definition) is 5. The lowest BCUT2D eigenvalue weighted by Gasteiger charge is -2.16. The van der Waals surface area contributed by atoms with E-state index in [1.165, 1.54) is 0 Å². The third-order valence-electron chi connectivity index (χ3n) is 2.79. The summed E-state index contributed by atoms with van der Waals surface area (Å²) in [7, 11) is 1.82. The van der Waals surface area contributed by atoms with Gasteiger partial charge in [0.15, 0.2) is 0 Å². The lowest BCUT2D eigenvalue weighted by Crippen LogP contribution is -2.26. The maximum absolute atomic E-state index is 9.45. The van der Waals surface area contributed by atoms with Crippen molar-refractivity contribution in [1.82, 2.24) is 20.2 Å². The van der Waals surface area contributed by atoms with Crippen LogP contribution in [0, 0.1) is 5.92 Å². The van der Waals surface area contributed by atoms with E-state index in [0.717, 1.165) is 25.5 Å². The van der Waals surface area contributed by atoms with E-state index in [0.29, 0.717) is 5.92 Å². The lowest BCUT2D eigenvalue weighted by molar-refractivity contribution is 0.136. The first kappa shape index (κ1) is 9.39. The second-order valence-corrected chi connectivity index (χ2v) is 3.84. The molecule has 0 spiro atoms. The highest BCUT2D eigenvalue weighted by Crippen LogP contribution is 2.22. The van der Waals surface area contributed by atoms with Crippen LogP contribution < -0.4 is 4.90 Å². The van der Waals surface area contributed by atoms with Crippen LogP contribution in [0.25, 0.3) is 0 Å². The highest BCUT2D eigenvalue weighted by molar-refractivity contribution is 5.29. The molecule has 1 aliphatic heterocycles. The van der Waals surface area contributed by atoms with E-state index in [1.807, 2.05) is 14.0 Å². The summed E-state index contributed by atoms with van der Waals surface area (Å²) in [5, 5.41) is 20.8. The van der Waals surface area contributed by atoms with E-state index in [9.17, 15) is 5.11 Å². The molecule has 0 saturated carbocycles. The highest BCUT2D eigenvalue weighted by atomic mass is 16.3. The summed E-state index contributed by atoms with van der Waals surface area (Å²) in [6, 6.07) is 0. The van der Waals surface area contributed by atoms with Crippen LogP contribution in [0.2, 0.25) is 0 Å². The average molecular weight is 197 g/mol. The molecule has 0 bridgehead atoms. The van der Waals surface area contributed by atoms with Crippen LogP contribution in [-0.2, 0) is 7.05 Å². The first-order valence-corrected chi connectivity index (χ1v) is 4.84. The van der Waals surface area contributed by atoms with Crippen LogP contribution in [0.15, 0.2) is 0 Å². The van der Waals surface area contributed by atoms with E-state index >= 15 is 0 Å². The predicted octanol–water partition coefficient (Wildman–Crippen LogP) is -0.583. The SMILES string of the molecule is CC(O)C1CCN(c2nnnn2C)C1. The van der Waals surface area contributed by atoms with Gasteiger partial charge in [-0.1, -0.05) is 5.10 Å². The van der Waals surface area contributed by atoms with Crippen molar-refractivity contribution in [3.63, 3.8) is 0 Å². The molecule has 1 aliphatic rings. The number of hydrogen-bond donors (Lipinski definition) is 1. The number of nitrogens with zero attached hydrogens (tertiary/aromatic N) is 5. The molecular formula is C8H15N5O. The van der Waals surface area contributed by atoms with Crippen LogP contribution in [0.1, 0.15) is 13.3 Å². The number of rotatable bonds is 2. The average Bonchev–Trinajstić information content (AvgIpc) is 2.71. The minimum absolute atomic E-state index is 0.249. The summed E-state index contributed by atoms with van der Waals surface area (Å²) in [5.41, 5.74) is 0. The number of anilines is 1. The maximum Gasteiger partial charge on any atom is 0.245 e. The smallest absolute Gasteiger partial charge is 0.245 e. The third kappa shape index (κ3) is 1.57. The van der Waals surface area contributed by atoms with Crippen molar-refractivity contribution >= 4 is 5.95 Å². The number of aliphatic hydroxyl groups is 1. The van der Waals surface area contributed by atoms with Crippen molar-refractivity contribution in [3.05, 3.63) is 0 Å². The van der Waals surface area contributed by atoms with Gasteiger partial charge in [0.1, 0.15) is 0 Å². The molecule has 1 N–H and O–H groups in total. The zero-order chi connectivity index (χ0) is 10.1. The first-order chi connectivity index (χ1) is 6.68. The molecule has 1 aromatic rings. The fourth-order valence-corrected chi connectivity index (χ4v) is 1.86. The summed E-state index contributed by atoms with van der Waals surface area (Å²) >= 11 is 0. The molecule has 1 aromatic heterocycles. The topological polar surface area (TPSA) is 67.1 Å². The summed E-state index contributed by atoms with van der Waals surface area (Å²) in [6.07, 6.45) is 0.756. The second kappa shape index (κ2) is 3.53. The van der Waals surface area contributed by atoms with Crippen LogP contribution in [-0.4, -0.2) is 44.5 Å². The molecule has 2 unspecified atom stereocenters. The minimum atomic E-state index is -0.249. The van der Waals surface area contributed by atoms with Gasteiger partial charge in [-0.2, -0.15) is 0 Å². The van der Waals surface area contributed by atoms with Gasteiger partial charge in [-0.15, -0.1) is 0 Å². The fraction of sp³-hybridized carbons (Fsp3) is 0.875. The van der Waals surface area contributed by atoms with Crippen molar-refractivity contribution in [2.24, 2.45) is 13.0 Å². The van der Waals surface area contributed by atoms with Gasteiger partial charge in [0, 0.05) is 26.1 Å². The number of aromatic nitrogens is 4. The normalized spacial score (nSPS) is 24.2. The summed E-state index contributed by atoms with van der Waals surface area (Å²) < 4.78 is 1.66. The first-order valence-electron chi connectivity index (χ1n) is 4.84. The molecule has 0 radical (unpaired) electrons. The van der Waals surface area contributed by atoms with Crippen LogP contribution in [0.4, 0.5) is 5.95 Å². The van der Waals surface area contributed by atoms with Crippen molar-refractivity contribution < 1.29 is 5.11 Å². The second-order valence-electron chi connectivity index (χ2n) is 3.84. The van der Waals surface area contributed by atoms with Gasteiger partial charge in [-0.25, -0.2) is 4.68 Å². The molecule has 14 heavy (non-hydrogen) atoms. The Hall–Kier alpha value is -1.17.